The molecule has 0 heterocycles. The van der Waals surface area contributed by atoms with Crippen molar-refractivity contribution in [3.05, 3.63) is 35.4 Å². The Hall–Kier alpha value is -1.00. The van der Waals surface area contributed by atoms with Gasteiger partial charge in [0.1, 0.15) is 11.6 Å². The van der Waals surface area contributed by atoms with Gasteiger partial charge in [0.2, 0.25) is 0 Å². The Balaban J connectivity index is 2.67. The molecule has 0 bridgehead atoms. The highest BCUT2D eigenvalue weighted by atomic mass is 19.1. The van der Waals surface area contributed by atoms with Crippen molar-refractivity contribution in [1.29, 1.82) is 0 Å². The van der Waals surface area contributed by atoms with Gasteiger partial charge in [0.15, 0.2) is 0 Å². The van der Waals surface area contributed by atoms with Gasteiger partial charge in [-0.15, -0.1) is 0 Å². The van der Waals surface area contributed by atoms with E-state index in [9.17, 15) is 13.9 Å². The minimum Gasteiger partial charge on any atom is -0.389 e. The maximum Gasteiger partial charge on any atom is 0.130 e. The smallest absolute Gasteiger partial charge is 0.130 e. The molecule has 0 fully saturated rings. The van der Waals surface area contributed by atoms with Crippen molar-refractivity contribution in [3.63, 3.8) is 0 Å². The van der Waals surface area contributed by atoms with Crippen molar-refractivity contribution in [2.45, 2.75) is 38.8 Å². The first-order valence-corrected chi connectivity index (χ1v) is 5.76. The highest BCUT2D eigenvalue weighted by Crippen LogP contribution is 2.18. The third-order valence-corrected chi connectivity index (χ3v) is 2.98. The molecule has 1 rings (SSSR count). The average Bonchev–Trinajstić information content (AvgIpc) is 2.26. The summed E-state index contributed by atoms with van der Waals surface area (Å²) >= 11 is 0. The van der Waals surface area contributed by atoms with Crippen LogP contribution < -0.4 is 5.32 Å². The van der Waals surface area contributed by atoms with E-state index in [2.05, 4.69) is 5.32 Å². The lowest BCUT2D eigenvalue weighted by Crippen LogP contribution is -2.38. The van der Waals surface area contributed by atoms with Crippen molar-refractivity contribution in [2.75, 3.05) is 6.54 Å². The summed E-state index contributed by atoms with van der Waals surface area (Å²) in [7, 11) is 0. The number of hydrogen-bond acceptors (Lipinski definition) is 2. The van der Waals surface area contributed by atoms with Gasteiger partial charge in [0.05, 0.1) is 5.60 Å². The first-order chi connectivity index (χ1) is 7.85. The molecule has 2 nitrogen and oxygen atoms in total. The topological polar surface area (TPSA) is 32.3 Å². The van der Waals surface area contributed by atoms with Gasteiger partial charge in [-0.1, -0.05) is 13.0 Å². The van der Waals surface area contributed by atoms with E-state index in [1.807, 2.05) is 6.92 Å². The molecule has 2 N–H and O–H groups in total. The maximum atomic E-state index is 13.5. The van der Waals surface area contributed by atoms with Crippen molar-refractivity contribution in [1.82, 2.24) is 5.32 Å². The van der Waals surface area contributed by atoms with E-state index in [1.165, 1.54) is 12.1 Å². The number of aliphatic hydroxyl groups is 1. The van der Waals surface area contributed by atoms with Crippen LogP contribution in [-0.2, 0) is 0 Å². The van der Waals surface area contributed by atoms with Crippen LogP contribution in [0.2, 0.25) is 0 Å². The van der Waals surface area contributed by atoms with Crippen LogP contribution in [0.15, 0.2) is 18.2 Å². The van der Waals surface area contributed by atoms with Gasteiger partial charge in [-0.25, -0.2) is 8.78 Å². The molecule has 4 heteroatoms. The predicted molar refractivity (Wildman–Crippen MR) is 63.7 cm³/mol. The fourth-order valence-electron chi connectivity index (χ4n) is 1.46. The Kier molecular flexibility index (Phi) is 4.60. The van der Waals surface area contributed by atoms with E-state index in [0.717, 1.165) is 6.07 Å². The quantitative estimate of drug-likeness (QED) is 0.833. The Morgan fingerprint density at radius 2 is 2.06 bits per heavy atom. The number of rotatable bonds is 5. The van der Waals surface area contributed by atoms with Crippen LogP contribution in [0.3, 0.4) is 0 Å². The van der Waals surface area contributed by atoms with E-state index in [4.69, 9.17) is 0 Å². The molecule has 96 valence electrons. The first-order valence-electron chi connectivity index (χ1n) is 5.76. The summed E-state index contributed by atoms with van der Waals surface area (Å²) in [5, 5.41) is 12.9. The monoisotopic (exact) mass is 243 g/mol. The fourth-order valence-corrected chi connectivity index (χ4v) is 1.46. The van der Waals surface area contributed by atoms with E-state index in [0.29, 0.717) is 18.5 Å². The van der Waals surface area contributed by atoms with E-state index in [1.54, 1.807) is 13.8 Å². The van der Waals surface area contributed by atoms with Gasteiger partial charge in [0.25, 0.3) is 0 Å². The lowest BCUT2D eigenvalue weighted by atomic mass is 10.0. The van der Waals surface area contributed by atoms with Crippen LogP contribution in [-0.4, -0.2) is 17.3 Å². The third-order valence-electron chi connectivity index (χ3n) is 2.98. The number of benzene rings is 1. The minimum absolute atomic E-state index is 0.270. The molecule has 17 heavy (non-hydrogen) atoms. The molecule has 1 aromatic carbocycles. The molecule has 0 radical (unpaired) electrons. The average molecular weight is 243 g/mol. The van der Waals surface area contributed by atoms with Gasteiger partial charge in [-0.3, -0.25) is 0 Å². The molecule has 0 aromatic heterocycles. The molecule has 2 unspecified atom stereocenters. The summed E-state index contributed by atoms with van der Waals surface area (Å²) in [6.45, 7) is 5.74. The van der Waals surface area contributed by atoms with Crippen molar-refractivity contribution in [2.24, 2.45) is 0 Å². The van der Waals surface area contributed by atoms with Crippen LogP contribution >= 0.6 is 0 Å². The summed E-state index contributed by atoms with van der Waals surface area (Å²) in [6.07, 6.45) is 0.610. The van der Waals surface area contributed by atoms with Crippen molar-refractivity contribution < 1.29 is 13.9 Å². The molecule has 0 spiro atoms. The zero-order chi connectivity index (χ0) is 13.1. The van der Waals surface area contributed by atoms with Gasteiger partial charge in [-0.05, 0) is 26.3 Å². The summed E-state index contributed by atoms with van der Waals surface area (Å²) in [5.74, 6) is -1.15. The predicted octanol–water partition coefficient (Wildman–Crippen LogP) is 2.78. The second-order valence-electron chi connectivity index (χ2n) is 4.62. The second-order valence-corrected chi connectivity index (χ2v) is 4.62. The molecule has 0 aliphatic rings. The van der Waals surface area contributed by atoms with Crippen LogP contribution in [0.25, 0.3) is 0 Å². The summed E-state index contributed by atoms with van der Waals surface area (Å²) < 4.78 is 26.2. The molecule has 0 saturated carbocycles. The van der Waals surface area contributed by atoms with E-state index < -0.39 is 17.2 Å². The standard InChI is InChI=1S/C13H19F2NO/c1-4-13(3,17)8-16-9(2)11-6-5-10(14)7-12(11)15/h5-7,9,16-17H,4,8H2,1-3H3. The van der Waals surface area contributed by atoms with Crippen LogP contribution in [0.1, 0.15) is 38.8 Å². The molecule has 0 aliphatic heterocycles. The van der Waals surface area contributed by atoms with Gasteiger partial charge in [0, 0.05) is 24.2 Å². The Morgan fingerprint density at radius 3 is 2.59 bits per heavy atom. The Labute approximate surface area is 101 Å². The third kappa shape index (κ3) is 4.06. The first kappa shape index (κ1) is 14.1. The molecular formula is C13H19F2NO. The van der Waals surface area contributed by atoms with Gasteiger partial charge < -0.3 is 10.4 Å². The minimum atomic E-state index is -0.815. The lowest BCUT2D eigenvalue weighted by Gasteiger charge is -2.24. The van der Waals surface area contributed by atoms with Crippen LogP contribution in [0, 0.1) is 11.6 Å². The van der Waals surface area contributed by atoms with Gasteiger partial charge in [-0.2, -0.15) is 0 Å². The summed E-state index contributed by atoms with van der Waals surface area (Å²) in [4.78, 5) is 0. The lowest BCUT2D eigenvalue weighted by molar-refractivity contribution is 0.0532. The largest absolute Gasteiger partial charge is 0.389 e. The van der Waals surface area contributed by atoms with E-state index in [-0.39, 0.29) is 6.04 Å². The number of hydrogen-bond donors (Lipinski definition) is 2. The maximum absolute atomic E-state index is 13.5. The molecule has 0 saturated heterocycles. The second kappa shape index (κ2) is 5.56. The fraction of sp³-hybridized carbons (Fsp3) is 0.538. The molecule has 2 atom stereocenters. The molecule has 0 amide bonds. The van der Waals surface area contributed by atoms with Gasteiger partial charge >= 0.3 is 0 Å². The van der Waals surface area contributed by atoms with Crippen molar-refractivity contribution >= 4 is 0 Å². The Morgan fingerprint density at radius 1 is 1.41 bits per heavy atom. The normalized spacial score (nSPS) is 16.6. The van der Waals surface area contributed by atoms with Crippen LogP contribution in [0.4, 0.5) is 8.78 Å². The molecule has 0 aliphatic carbocycles. The van der Waals surface area contributed by atoms with Crippen LogP contribution in [0.5, 0.6) is 0 Å². The SMILES string of the molecule is CCC(C)(O)CNC(C)c1ccc(F)cc1F. The zero-order valence-electron chi connectivity index (χ0n) is 10.4. The molecular weight excluding hydrogens is 224 g/mol. The Bertz CT molecular complexity index is 380. The highest BCUT2D eigenvalue weighted by Gasteiger charge is 2.19. The van der Waals surface area contributed by atoms with E-state index >= 15 is 0 Å². The summed E-state index contributed by atoms with van der Waals surface area (Å²) in [5.41, 5.74) is -0.414. The van der Waals surface area contributed by atoms with Crippen molar-refractivity contribution in [3.8, 4) is 0 Å². The highest BCUT2D eigenvalue weighted by molar-refractivity contribution is 5.21. The zero-order valence-corrected chi connectivity index (χ0v) is 10.4. The molecule has 1 aromatic rings. The number of nitrogens with one attached hydrogen (secondary N) is 1. The summed E-state index contributed by atoms with van der Waals surface area (Å²) in [6, 6.07) is 3.25. The number of halogens is 2.